The van der Waals surface area contributed by atoms with Crippen molar-refractivity contribution in [3.63, 3.8) is 0 Å². The van der Waals surface area contributed by atoms with E-state index in [-0.39, 0.29) is 17.8 Å². The van der Waals surface area contributed by atoms with Crippen LogP contribution in [-0.4, -0.2) is 30.6 Å². The number of hydrogen-bond acceptors (Lipinski definition) is 3. The highest BCUT2D eigenvalue weighted by molar-refractivity contribution is 9.10. The number of nitrogens with zero attached hydrogens (tertiary/aromatic N) is 1. The summed E-state index contributed by atoms with van der Waals surface area (Å²) in [6.07, 6.45) is 3.64. The van der Waals surface area contributed by atoms with Crippen molar-refractivity contribution in [2.24, 2.45) is 0 Å². The third kappa shape index (κ3) is 4.03. The Morgan fingerprint density at radius 1 is 1.50 bits per heavy atom. The molecule has 1 heterocycles. The minimum Gasteiger partial charge on any atom is -0.469 e. The Morgan fingerprint density at radius 2 is 2.30 bits per heavy atom. The van der Waals surface area contributed by atoms with Crippen LogP contribution in [0.25, 0.3) is 0 Å². The summed E-state index contributed by atoms with van der Waals surface area (Å²) >= 11 is 3.46. The van der Waals surface area contributed by atoms with Crippen LogP contribution in [0.3, 0.4) is 0 Å². The summed E-state index contributed by atoms with van der Waals surface area (Å²) in [5.74, 6) is -0.412. The molecule has 0 amide bonds. The molecular weight excluding hydrogens is 325 g/mol. The lowest BCUT2D eigenvalue weighted by molar-refractivity contribution is -0.142. The highest BCUT2D eigenvalue weighted by Gasteiger charge is 2.25. The third-order valence-corrected chi connectivity index (χ3v) is 4.53. The second-order valence-electron chi connectivity index (χ2n) is 5.14. The van der Waals surface area contributed by atoms with Crippen molar-refractivity contribution in [3.05, 3.63) is 34.1 Å². The second-order valence-corrected chi connectivity index (χ2v) is 5.99. The Labute approximate surface area is 127 Å². The molecule has 0 N–H and O–H groups in total. The average Bonchev–Trinajstić information content (AvgIpc) is 2.44. The first-order valence-electron chi connectivity index (χ1n) is 6.85. The summed E-state index contributed by atoms with van der Waals surface area (Å²) in [6, 6.07) is 4.90. The topological polar surface area (TPSA) is 29.5 Å². The molecule has 5 heteroatoms. The molecule has 2 rings (SSSR count). The average molecular weight is 344 g/mol. The van der Waals surface area contributed by atoms with Gasteiger partial charge in [-0.15, -0.1) is 0 Å². The summed E-state index contributed by atoms with van der Waals surface area (Å²) in [4.78, 5) is 13.7. The summed E-state index contributed by atoms with van der Waals surface area (Å²) in [7, 11) is 1.42. The van der Waals surface area contributed by atoms with Crippen molar-refractivity contribution in [1.82, 2.24) is 4.90 Å². The van der Waals surface area contributed by atoms with E-state index in [1.165, 1.54) is 13.2 Å². The Bertz CT molecular complexity index is 481. The van der Waals surface area contributed by atoms with E-state index in [4.69, 9.17) is 4.74 Å². The standard InChI is InChI=1S/C15H19BrFNO2/c1-20-15(19)9-13-4-2-3-7-18(13)10-11-8-12(17)5-6-14(11)16/h5-6,8,13H,2-4,7,9-10H2,1H3. The van der Waals surface area contributed by atoms with E-state index < -0.39 is 0 Å². The SMILES string of the molecule is COC(=O)CC1CCCCN1Cc1cc(F)ccc1Br. The fraction of sp³-hybridized carbons (Fsp3) is 0.533. The molecule has 1 fully saturated rings. The van der Waals surface area contributed by atoms with Gasteiger partial charge in [0.25, 0.3) is 0 Å². The molecule has 1 aliphatic heterocycles. The smallest absolute Gasteiger partial charge is 0.307 e. The van der Waals surface area contributed by atoms with Gasteiger partial charge >= 0.3 is 5.97 Å². The molecule has 110 valence electrons. The highest BCUT2D eigenvalue weighted by Crippen LogP contribution is 2.25. The van der Waals surface area contributed by atoms with Crippen LogP contribution in [0.4, 0.5) is 4.39 Å². The number of methoxy groups -OCH3 is 1. The zero-order chi connectivity index (χ0) is 14.5. The van der Waals surface area contributed by atoms with E-state index in [1.54, 1.807) is 12.1 Å². The zero-order valence-electron chi connectivity index (χ0n) is 11.6. The number of carbonyl (C=O) groups is 1. The lowest BCUT2D eigenvalue weighted by atomic mass is 9.98. The highest BCUT2D eigenvalue weighted by atomic mass is 79.9. The van der Waals surface area contributed by atoms with Crippen LogP contribution in [0.1, 0.15) is 31.2 Å². The van der Waals surface area contributed by atoms with Gasteiger partial charge in [-0.25, -0.2) is 4.39 Å². The van der Waals surface area contributed by atoms with Gasteiger partial charge in [0.15, 0.2) is 0 Å². The molecule has 1 aromatic carbocycles. The van der Waals surface area contributed by atoms with Gasteiger partial charge in [0.05, 0.1) is 13.5 Å². The number of likely N-dealkylation sites (tertiary alicyclic amines) is 1. The summed E-state index contributed by atoms with van der Waals surface area (Å²) in [6.45, 7) is 1.59. The quantitative estimate of drug-likeness (QED) is 0.783. The van der Waals surface area contributed by atoms with E-state index in [9.17, 15) is 9.18 Å². The van der Waals surface area contributed by atoms with Crippen LogP contribution in [0.2, 0.25) is 0 Å². The first kappa shape index (κ1) is 15.4. The van der Waals surface area contributed by atoms with Crippen molar-refractivity contribution < 1.29 is 13.9 Å². The lowest BCUT2D eigenvalue weighted by Crippen LogP contribution is -2.40. The maximum Gasteiger partial charge on any atom is 0.307 e. The minimum atomic E-state index is -0.232. The van der Waals surface area contributed by atoms with Crippen LogP contribution in [-0.2, 0) is 16.1 Å². The first-order chi connectivity index (χ1) is 9.60. The molecule has 1 atom stereocenters. The van der Waals surface area contributed by atoms with E-state index in [2.05, 4.69) is 20.8 Å². The molecular formula is C15H19BrFNO2. The number of piperidine rings is 1. The normalized spacial score (nSPS) is 19.9. The van der Waals surface area contributed by atoms with Crippen molar-refractivity contribution in [2.45, 2.75) is 38.3 Å². The van der Waals surface area contributed by atoms with Gasteiger partial charge in [-0.3, -0.25) is 9.69 Å². The van der Waals surface area contributed by atoms with Gasteiger partial charge in [0.1, 0.15) is 5.82 Å². The molecule has 0 bridgehead atoms. The molecule has 0 radical (unpaired) electrons. The van der Waals surface area contributed by atoms with Crippen molar-refractivity contribution >= 4 is 21.9 Å². The molecule has 1 aliphatic rings. The number of esters is 1. The lowest BCUT2D eigenvalue weighted by Gasteiger charge is -2.35. The molecule has 0 spiro atoms. The number of ether oxygens (including phenoxy) is 1. The van der Waals surface area contributed by atoms with Gasteiger partial charge in [-0.05, 0) is 43.1 Å². The first-order valence-corrected chi connectivity index (χ1v) is 7.64. The van der Waals surface area contributed by atoms with Gasteiger partial charge in [-0.2, -0.15) is 0 Å². The Balaban J connectivity index is 2.08. The number of halogens is 2. The van der Waals surface area contributed by atoms with Crippen LogP contribution < -0.4 is 0 Å². The van der Waals surface area contributed by atoms with Gasteiger partial charge in [0, 0.05) is 17.1 Å². The summed E-state index contributed by atoms with van der Waals surface area (Å²) in [5.41, 5.74) is 0.918. The monoisotopic (exact) mass is 343 g/mol. The van der Waals surface area contributed by atoms with Crippen molar-refractivity contribution in [3.8, 4) is 0 Å². The van der Waals surface area contributed by atoms with Crippen molar-refractivity contribution in [2.75, 3.05) is 13.7 Å². The largest absolute Gasteiger partial charge is 0.469 e. The molecule has 0 aliphatic carbocycles. The van der Waals surface area contributed by atoms with Gasteiger partial charge < -0.3 is 4.74 Å². The number of hydrogen-bond donors (Lipinski definition) is 0. The van der Waals surface area contributed by atoms with Crippen LogP contribution in [0.15, 0.2) is 22.7 Å². The van der Waals surface area contributed by atoms with Crippen molar-refractivity contribution in [1.29, 1.82) is 0 Å². The minimum absolute atomic E-state index is 0.180. The van der Waals surface area contributed by atoms with E-state index in [0.717, 1.165) is 35.8 Å². The number of rotatable bonds is 4. The maximum absolute atomic E-state index is 13.3. The van der Waals surface area contributed by atoms with Crippen LogP contribution in [0.5, 0.6) is 0 Å². The van der Waals surface area contributed by atoms with E-state index in [1.807, 2.05) is 0 Å². The Kier molecular flexibility index (Phi) is 5.54. The molecule has 1 aromatic rings. The third-order valence-electron chi connectivity index (χ3n) is 3.76. The molecule has 3 nitrogen and oxygen atoms in total. The molecule has 0 aromatic heterocycles. The molecule has 0 saturated carbocycles. The summed E-state index contributed by atoms with van der Waals surface area (Å²) < 4.78 is 19.0. The van der Waals surface area contributed by atoms with Gasteiger partial charge in [-0.1, -0.05) is 22.4 Å². The molecule has 1 unspecified atom stereocenters. The van der Waals surface area contributed by atoms with E-state index in [0.29, 0.717) is 13.0 Å². The zero-order valence-corrected chi connectivity index (χ0v) is 13.2. The number of benzene rings is 1. The van der Waals surface area contributed by atoms with Crippen LogP contribution >= 0.6 is 15.9 Å². The second kappa shape index (κ2) is 7.18. The Morgan fingerprint density at radius 3 is 3.05 bits per heavy atom. The molecule has 20 heavy (non-hydrogen) atoms. The number of carbonyl (C=O) groups excluding carboxylic acids is 1. The van der Waals surface area contributed by atoms with Gasteiger partial charge in [0.2, 0.25) is 0 Å². The summed E-state index contributed by atoms with van der Waals surface area (Å²) in [5, 5.41) is 0. The fourth-order valence-corrected chi connectivity index (χ4v) is 3.03. The Hall–Kier alpha value is -0.940. The fourth-order valence-electron chi connectivity index (χ4n) is 2.66. The maximum atomic E-state index is 13.3. The van der Waals surface area contributed by atoms with Crippen LogP contribution in [0, 0.1) is 5.82 Å². The van der Waals surface area contributed by atoms with E-state index >= 15 is 0 Å². The molecule has 1 saturated heterocycles. The predicted octanol–water partition coefficient (Wildman–Crippen LogP) is 3.51. The predicted molar refractivity (Wildman–Crippen MR) is 78.8 cm³/mol.